The zero-order valence-electron chi connectivity index (χ0n) is 14.5. The number of hydrogen-bond acceptors (Lipinski definition) is 4. The molecule has 134 valence electrons. The molecule has 1 aromatic carbocycles. The monoisotopic (exact) mass is 386 g/mol. The first kappa shape index (κ1) is 19.6. The third-order valence-electron chi connectivity index (χ3n) is 4.18. The van der Waals surface area contributed by atoms with Crippen molar-refractivity contribution >= 4 is 52.1 Å². The number of anilines is 2. The van der Waals surface area contributed by atoms with Crippen LogP contribution in [0.2, 0.25) is 5.02 Å². The lowest BCUT2D eigenvalue weighted by molar-refractivity contribution is 0.271. The van der Waals surface area contributed by atoms with E-state index in [0.29, 0.717) is 5.11 Å². The summed E-state index contributed by atoms with van der Waals surface area (Å²) in [5.41, 5.74) is 2.15. The summed E-state index contributed by atoms with van der Waals surface area (Å²) < 4.78 is 0. The van der Waals surface area contributed by atoms with Crippen LogP contribution < -0.4 is 15.5 Å². The minimum atomic E-state index is 0.659. The van der Waals surface area contributed by atoms with Crippen molar-refractivity contribution in [3.05, 3.63) is 23.2 Å². The SMILES string of the molecule is CCN1CCN(c2ccc(Cl)cc2NC(=S)NCCCSC)CC1. The van der Waals surface area contributed by atoms with Crippen molar-refractivity contribution in [1.29, 1.82) is 0 Å². The van der Waals surface area contributed by atoms with Crippen molar-refractivity contribution in [2.45, 2.75) is 13.3 Å². The van der Waals surface area contributed by atoms with Crippen LogP contribution in [0, 0.1) is 0 Å². The van der Waals surface area contributed by atoms with Crippen LogP contribution >= 0.6 is 35.6 Å². The van der Waals surface area contributed by atoms with E-state index in [2.05, 4.69) is 39.7 Å². The number of rotatable bonds is 7. The number of nitrogens with one attached hydrogen (secondary N) is 2. The Labute approximate surface area is 160 Å². The van der Waals surface area contributed by atoms with Crippen LogP contribution in [-0.2, 0) is 0 Å². The Kier molecular flexibility index (Phi) is 8.45. The molecule has 2 rings (SSSR count). The summed E-state index contributed by atoms with van der Waals surface area (Å²) in [6, 6.07) is 5.99. The molecule has 4 nitrogen and oxygen atoms in total. The molecule has 1 fully saturated rings. The highest BCUT2D eigenvalue weighted by Crippen LogP contribution is 2.30. The van der Waals surface area contributed by atoms with E-state index in [9.17, 15) is 0 Å². The molecule has 0 aromatic heterocycles. The molecule has 0 atom stereocenters. The van der Waals surface area contributed by atoms with Crippen LogP contribution in [0.15, 0.2) is 18.2 Å². The highest BCUT2D eigenvalue weighted by Gasteiger charge is 2.18. The van der Waals surface area contributed by atoms with Crippen LogP contribution in [0.25, 0.3) is 0 Å². The number of thiocarbonyl (C=S) groups is 1. The number of benzene rings is 1. The summed E-state index contributed by atoms with van der Waals surface area (Å²) in [6.45, 7) is 8.45. The maximum absolute atomic E-state index is 6.20. The average Bonchev–Trinajstić information content (AvgIpc) is 2.59. The van der Waals surface area contributed by atoms with Gasteiger partial charge < -0.3 is 20.4 Å². The van der Waals surface area contributed by atoms with E-state index in [1.54, 1.807) is 0 Å². The van der Waals surface area contributed by atoms with Gasteiger partial charge in [-0.1, -0.05) is 18.5 Å². The maximum atomic E-state index is 6.20. The minimum absolute atomic E-state index is 0.659. The minimum Gasteiger partial charge on any atom is -0.367 e. The molecule has 2 N–H and O–H groups in total. The molecule has 1 aliphatic heterocycles. The Bertz CT molecular complexity index is 533. The first-order valence-corrected chi connectivity index (χ1v) is 10.6. The summed E-state index contributed by atoms with van der Waals surface area (Å²) >= 11 is 13.5. The molecule has 24 heavy (non-hydrogen) atoms. The summed E-state index contributed by atoms with van der Waals surface area (Å²) in [4.78, 5) is 4.87. The van der Waals surface area contributed by atoms with E-state index in [0.717, 1.165) is 62.2 Å². The van der Waals surface area contributed by atoms with Gasteiger partial charge in [0.25, 0.3) is 0 Å². The molecule has 0 radical (unpaired) electrons. The number of nitrogens with zero attached hydrogens (tertiary/aromatic N) is 2. The third kappa shape index (κ3) is 5.99. The van der Waals surface area contributed by atoms with Crippen LogP contribution in [0.5, 0.6) is 0 Å². The Morgan fingerprint density at radius 1 is 1.29 bits per heavy atom. The first-order chi connectivity index (χ1) is 11.6. The van der Waals surface area contributed by atoms with Gasteiger partial charge in [0.2, 0.25) is 0 Å². The Hall–Kier alpha value is -0.690. The predicted molar refractivity (Wildman–Crippen MR) is 113 cm³/mol. The fourth-order valence-corrected chi connectivity index (χ4v) is 3.59. The zero-order valence-corrected chi connectivity index (χ0v) is 16.9. The summed E-state index contributed by atoms with van der Waals surface area (Å²) in [6.07, 6.45) is 3.22. The number of thioether (sulfide) groups is 1. The molecule has 0 unspecified atom stereocenters. The van der Waals surface area contributed by atoms with Gasteiger partial charge in [-0.05, 0) is 55.4 Å². The van der Waals surface area contributed by atoms with Crippen LogP contribution in [0.4, 0.5) is 11.4 Å². The van der Waals surface area contributed by atoms with Gasteiger partial charge in [-0.2, -0.15) is 11.8 Å². The molecule has 1 aliphatic rings. The fourth-order valence-electron chi connectivity index (χ4n) is 2.77. The molecule has 1 aromatic rings. The smallest absolute Gasteiger partial charge is 0.170 e. The number of halogens is 1. The summed E-state index contributed by atoms with van der Waals surface area (Å²) in [5.74, 6) is 1.14. The quantitative estimate of drug-likeness (QED) is 0.550. The summed E-state index contributed by atoms with van der Waals surface area (Å²) in [5, 5.41) is 7.97. The predicted octanol–water partition coefficient (Wildman–Crippen LogP) is 3.52. The van der Waals surface area contributed by atoms with Crippen molar-refractivity contribution in [3.8, 4) is 0 Å². The van der Waals surface area contributed by atoms with Crippen molar-refractivity contribution in [3.63, 3.8) is 0 Å². The lowest BCUT2D eigenvalue weighted by Crippen LogP contribution is -2.46. The second kappa shape index (κ2) is 10.3. The van der Waals surface area contributed by atoms with Gasteiger partial charge in [0, 0.05) is 37.7 Å². The normalized spacial score (nSPS) is 15.4. The van der Waals surface area contributed by atoms with Gasteiger partial charge in [0.05, 0.1) is 11.4 Å². The summed E-state index contributed by atoms with van der Waals surface area (Å²) in [7, 11) is 0. The lowest BCUT2D eigenvalue weighted by Gasteiger charge is -2.36. The Morgan fingerprint density at radius 2 is 2.04 bits per heavy atom. The molecule has 0 saturated carbocycles. The number of likely N-dealkylation sites (N-methyl/N-ethyl adjacent to an activating group) is 1. The number of piperazine rings is 1. The molecular formula is C17H27ClN4S2. The lowest BCUT2D eigenvalue weighted by atomic mass is 10.2. The first-order valence-electron chi connectivity index (χ1n) is 8.44. The van der Waals surface area contributed by atoms with Crippen molar-refractivity contribution in [2.75, 3.05) is 61.5 Å². The molecule has 0 bridgehead atoms. The van der Waals surface area contributed by atoms with E-state index in [1.807, 2.05) is 23.9 Å². The van der Waals surface area contributed by atoms with E-state index >= 15 is 0 Å². The molecule has 1 saturated heterocycles. The third-order valence-corrected chi connectivity index (χ3v) is 5.36. The highest BCUT2D eigenvalue weighted by atomic mass is 35.5. The second-order valence-corrected chi connectivity index (χ2v) is 7.64. The van der Waals surface area contributed by atoms with Crippen molar-refractivity contribution in [2.24, 2.45) is 0 Å². The van der Waals surface area contributed by atoms with E-state index < -0.39 is 0 Å². The van der Waals surface area contributed by atoms with Crippen molar-refractivity contribution in [1.82, 2.24) is 10.2 Å². The van der Waals surface area contributed by atoms with Crippen LogP contribution in [-0.4, -0.2) is 61.3 Å². The van der Waals surface area contributed by atoms with E-state index in [-0.39, 0.29) is 0 Å². The molecule has 0 amide bonds. The van der Waals surface area contributed by atoms with Crippen LogP contribution in [0.1, 0.15) is 13.3 Å². The number of hydrogen-bond donors (Lipinski definition) is 2. The molecule has 7 heteroatoms. The van der Waals surface area contributed by atoms with Crippen molar-refractivity contribution < 1.29 is 0 Å². The molecule has 0 spiro atoms. The zero-order chi connectivity index (χ0) is 17.4. The second-order valence-electron chi connectivity index (χ2n) is 5.81. The van der Waals surface area contributed by atoms with Gasteiger partial charge in [-0.3, -0.25) is 0 Å². The van der Waals surface area contributed by atoms with Gasteiger partial charge >= 0.3 is 0 Å². The standard InChI is InChI=1S/C17H27ClN4S2/c1-3-21-8-10-22(11-9-21)16-6-5-14(18)13-15(16)20-17(23)19-7-4-12-24-2/h5-6,13H,3-4,7-12H2,1-2H3,(H2,19,20,23). The van der Waals surface area contributed by atoms with Gasteiger partial charge in [-0.15, -0.1) is 0 Å². The molecule has 0 aliphatic carbocycles. The van der Waals surface area contributed by atoms with Crippen LogP contribution in [0.3, 0.4) is 0 Å². The fraction of sp³-hybridized carbons (Fsp3) is 0.588. The average molecular weight is 387 g/mol. The van der Waals surface area contributed by atoms with Gasteiger partial charge in [0.15, 0.2) is 5.11 Å². The molecular weight excluding hydrogens is 360 g/mol. The van der Waals surface area contributed by atoms with E-state index in [4.69, 9.17) is 23.8 Å². The maximum Gasteiger partial charge on any atom is 0.170 e. The highest BCUT2D eigenvalue weighted by molar-refractivity contribution is 7.98. The Balaban J connectivity index is 1.98. The van der Waals surface area contributed by atoms with Gasteiger partial charge in [-0.25, -0.2) is 0 Å². The topological polar surface area (TPSA) is 30.5 Å². The molecule has 1 heterocycles. The van der Waals surface area contributed by atoms with Gasteiger partial charge in [0.1, 0.15) is 0 Å². The largest absolute Gasteiger partial charge is 0.367 e. The Morgan fingerprint density at radius 3 is 2.71 bits per heavy atom. The van der Waals surface area contributed by atoms with E-state index in [1.165, 1.54) is 5.69 Å².